The number of amides is 1. The number of nitrogens with two attached hydrogens (primary N) is 1. The predicted octanol–water partition coefficient (Wildman–Crippen LogP) is 2.77. The number of carbonyl (C=O) groups excluding carboxylic acids is 1. The first-order valence-corrected chi connectivity index (χ1v) is 6.22. The van der Waals surface area contributed by atoms with E-state index in [9.17, 15) is 4.79 Å². The zero-order valence-electron chi connectivity index (χ0n) is 8.50. The van der Waals surface area contributed by atoms with Gasteiger partial charge in [0.25, 0.3) is 5.91 Å². The van der Waals surface area contributed by atoms with E-state index >= 15 is 0 Å². The van der Waals surface area contributed by atoms with Gasteiger partial charge in [0.15, 0.2) is 0 Å². The minimum atomic E-state index is -0.270. The fourth-order valence-electron chi connectivity index (χ4n) is 1.28. The molecule has 0 atom stereocenters. The van der Waals surface area contributed by atoms with Gasteiger partial charge in [-0.25, -0.2) is 0 Å². The van der Waals surface area contributed by atoms with Crippen LogP contribution in [0.1, 0.15) is 10.5 Å². The third-order valence-corrected chi connectivity index (χ3v) is 3.30. The fourth-order valence-corrected chi connectivity index (χ4v) is 2.70. The number of nitrogens with zero attached hydrogens (tertiary/aromatic N) is 1. The maximum atomic E-state index is 11.8. The summed E-state index contributed by atoms with van der Waals surface area (Å²) in [5.41, 5.74) is 7.28. The van der Waals surface area contributed by atoms with E-state index in [1.807, 2.05) is 0 Å². The summed E-state index contributed by atoms with van der Waals surface area (Å²) in [4.78, 5) is 11.8. The Kier molecular flexibility index (Phi) is 3.49. The van der Waals surface area contributed by atoms with Gasteiger partial charge in [-0.2, -0.15) is 5.10 Å². The topological polar surface area (TPSA) is 83.8 Å². The Morgan fingerprint density at radius 1 is 1.35 bits per heavy atom. The van der Waals surface area contributed by atoms with Crippen LogP contribution in [-0.4, -0.2) is 16.1 Å². The minimum absolute atomic E-state index is 0.270. The highest BCUT2D eigenvalue weighted by molar-refractivity contribution is 9.11. The molecule has 0 aliphatic carbocycles. The number of hydrogen-bond donors (Lipinski definition) is 3. The standard InChI is InChI=1S/C10H8Br2N4O/c11-6-3-5(13)4-7(12)9(6)15-10(17)8-1-2-14-16-8/h1-4H,13H2,(H,14,16)(H,15,17). The number of H-pyrrole nitrogens is 1. The Bertz CT molecular complexity index is 530. The average Bonchev–Trinajstić information content (AvgIpc) is 2.76. The molecule has 0 aliphatic heterocycles. The molecule has 0 saturated heterocycles. The number of anilines is 2. The van der Waals surface area contributed by atoms with Crippen LogP contribution in [0.25, 0.3) is 0 Å². The second-order valence-electron chi connectivity index (χ2n) is 3.28. The van der Waals surface area contributed by atoms with E-state index in [1.54, 1.807) is 18.2 Å². The van der Waals surface area contributed by atoms with Crippen molar-refractivity contribution in [2.24, 2.45) is 0 Å². The van der Waals surface area contributed by atoms with E-state index in [4.69, 9.17) is 5.73 Å². The number of nitrogen functional groups attached to an aromatic ring is 1. The third-order valence-electron chi connectivity index (χ3n) is 2.05. The molecule has 0 bridgehead atoms. The van der Waals surface area contributed by atoms with Crippen molar-refractivity contribution >= 4 is 49.1 Å². The third kappa shape index (κ3) is 2.67. The molecule has 0 saturated carbocycles. The summed E-state index contributed by atoms with van der Waals surface area (Å²) in [6.07, 6.45) is 1.52. The summed E-state index contributed by atoms with van der Waals surface area (Å²) < 4.78 is 1.41. The van der Waals surface area contributed by atoms with Crippen molar-refractivity contribution < 1.29 is 4.79 Å². The van der Waals surface area contributed by atoms with Crippen LogP contribution in [0.2, 0.25) is 0 Å². The summed E-state index contributed by atoms with van der Waals surface area (Å²) >= 11 is 6.68. The molecule has 0 fully saturated rings. The summed E-state index contributed by atoms with van der Waals surface area (Å²) in [6.45, 7) is 0. The van der Waals surface area contributed by atoms with Gasteiger partial charge in [0.2, 0.25) is 0 Å². The van der Waals surface area contributed by atoms with Crippen LogP contribution in [0.5, 0.6) is 0 Å². The zero-order valence-corrected chi connectivity index (χ0v) is 11.7. The lowest BCUT2D eigenvalue weighted by Crippen LogP contribution is -2.13. The number of nitrogens with one attached hydrogen (secondary N) is 2. The Balaban J connectivity index is 2.28. The Morgan fingerprint density at radius 3 is 2.53 bits per heavy atom. The van der Waals surface area contributed by atoms with Gasteiger partial charge in [0.05, 0.1) is 5.69 Å². The van der Waals surface area contributed by atoms with Gasteiger partial charge in [-0.3, -0.25) is 9.89 Å². The molecule has 2 rings (SSSR count). The molecule has 1 amide bonds. The lowest BCUT2D eigenvalue weighted by molar-refractivity contribution is 0.102. The SMILES string of the molecule is Nc1cc(Br)c(NC(=O)c2ccn[nH]2)c(Br)c1. The maximum Gasteiger partial charge on any atom is 0.273 e. The van der Waals surface area contributed by atoms with Gasteiger partial charge in [-0.1, -0.05) is 0 Å². The number of rotatable bonds is 2. The number of halogens is 2. The van der Waals surface area contributed by atoms with Gasteiger partial charge >= 0.3 is 0 Å². The van der Waals surface area contributed by atoms with Gasteiger partial charge in [-0.15, -0.1) is 0 Å². The summed E-state index contributed by atoms with van der Waals surface area (Å²) in [7, 11) is 0. The molecule has 1 aromatic carbocycles. The van der Waals surface area contributed by atoms with Crippen LogP contribution < -0.4 is 11.1 Å². The predicted molar refractivity (Wildman–Crippen MR) is 72.8 cm³/mol. The summed E-state index contributed by atoms with van der Waals surface area (Å²) in [5, 5.41) is 9.05. The van der Waals surface area contributed by atoms with Crippen LogP contribution in [0.4, 0.5) is 11.4 Å². The second kappa shape index (κ2) is 4.89. The van der Waals surface area contributed by atoms with E-state index in [-0.39, 0.29) is 5.91 Å². The molecule has 0 spiro atoms. The van der Waals surface area contributed by atoms with Crippen molar-refractivity contribution in [2.75, 3.05) is 11.1 Å². The normalized spacial score (nSPS) is 10.2. The van der Waals surface area contributed by atoms with Crippen LogP contribution in [-0.2, 0) is 0 Å². The second-order valence-corrected chi connectivity index (χ2v) is 4.99. The van der Waals surface area contributed by atoms with Gasteiger partial charge in [-0.05, 0) is 50.1 Å². The van der Waals surface area contributed by atoms with Crippen molar-refractivity contribution in [1.82, 2.24) is 10.2 Å². The van der Waals surface area contributed by atoms with Crippen molar-refractivity contribution in [1.29, 1.82) is 0 Å². The van der Waals surface area contributed by atoms with Crippen LogP contribution in [0.15, 0.2) is 33.3 Å². The molecule has 0 aliphatic rings. The van der Waals surface area contributed by atoms with Gasteiger partial charge in [0.1, 0.15) is 5.69 Å². The van der Waals surface area contributed by atoms with Crippen LogP contribution >= 0.6 is 31.9 Å². The number of benzene rings is 1. The number of carbonyl (C=O) groups is 1. The largest absolute Gasteiger partial charge is 0.399 e. The van der Waals surface area contributed by atoms with Crippen molar-refractivity contribution in [3.8, 4) is 0 Å². The molecule has 4 N–H and O–H groups in total. The lowest BCUT2D eigenvalue weighted by atomic mass is 10.2. The molecule has 88 valence electrons. The zero-order chi connectivity index (χ0) is 12.4. The molecular weight excluding hydrogens is 352 g/mol. The molecular formula is C10H8Br2N4O. The van der Waals surface area contributed by atoms with Crippen molar-refractivity contribution in [2.45, 2.75) is 0 Å². The molecule has 1 heterocycles. The number of aromatic amines is 1. The summed E-state index contributed by atoms with van der Waals surface area (Å²) in [5.74, 6) is -0.270. The molecule has 17 heavy (non-hydrogen) atoms. The molecule has 0 radical (unpaired) electrons. The Morgan fingerprint density at radius 2 is 2.00 bits per heavy atom. The molecule has 0 unspecified atom stereocenters. The first-order chi connectivity index (χ1) is 8.08. The maximum absolute atomic E-state index is 11.8. The van der Waals surface area contributed by atoms with E-state index in [2.05, 4.69) is 47.4 Å². The van der Waals surface area contributed by atoms with E-state index in [1.165, 1.54) is 6.20 Å². The van der Waals surface area contributed by atoms with Crippen molar-refractivity contribution in [3.05, 3.63) is 39.0 Å². The van der Waals surface area contributed by atoms with Crippen LogP contribution in [0.3, 0.4) is 0 Å². The quantitative estimate of drug-likeness (QED) is 0.721. The van der Waals surface area contributed by atoms with Gasteiger partial charge < -0.3 is 11.1 Å². The number of aromatic nitrogens is 2. The van der Waals surface area contributed by atoms with Gasteiger partial charge in [0, 0.05) is 20.8 Å². The van der Waals surface area contributed by atoms with Crippen LogP contribution in [0, 0.1) is 0 Å². The monoisotopic (exact) mass is 358 g/mol. The molecule has 1 aromatic heterocycles. The highest BCUT2D eigenvalue weighted by Crippen LogP contribution is 2.33. The number of hydrogen-bond acceptors (Lipinski definition) is 3. The first-order valence-electron chi connectivity index (χ1n) is 4.63. The molecule has 7 heteroatoms. The van der Waals surface area contributed by atoms with E-state index < -0.39 is 0 Å². The smallest absolute Gasteiger partial charge is 0.273 e. The molecule has 2 aromatic rings. The highest BCUT2D eigenvalue weighted by atomic mass is 79.9. The Labute approximate surface area is 114 Å². The Hall–Kier alpha value is -1.34. The summed E-state index contributed by atoms with van der Waals surface area (Å²) in [6, 6.07) is 5.02. The van der Waals surface area contributed by atoms with Crippen molar-refractivity contribution in [3.63, 3.8) is 0 Å². The van der Waals surface area contributed by atoms with E-state index in [0.29, 0.717) is 26.0 Å². The van der Waals surface area contributed by atoms with E-state index in [0.717, 1.165) is 0 Å². The molecule has 5 nitrogen and oxygen atoms in total. The minimum Gasteiger partial charge on any atom is -0.399 e. The highest BCUT2D eigenvalue weighted by Gasteiger charge is 2.12. The lowest BCUT2D eigenvalue weighted by Gasteiger charge is -2.09. The fraction of sp³-hybridized carbons (Fsp3) is 0. The average molecular weight is 360 g/mol. The first kappa shape index (κ1) is 12.1.